The average molecular weight is 920 g/mol. The first-order valence-corrected chi connectivity index (χ1v) is 24.6. The maximum absolute atomic E-state index is 13.5. The van der Waals surface area contributed by atoms with Crippen LogP contribution in [0, 0.1) is 38.5 Å². The second kappa shape index (κ2) is 22.5. The van der Waals surface area contributed by atoms with Gasteiger partial charge in [-0.1, -0.05) is 79.8 Å². The third-order valence-corrected chi connectivity index (χ3v) is 14.3. The number of hydrogen-bond donors (Lipinski definition) is 5. The van der Waals surface area contributed by atoms with Crippen molar-refractivity contribution in [2.75, 3.05) is 18.8 Å². The number of phenols is 1. The van der Waals surface area contributed by atoms with E-state index in [1.54, 1.807) is 36.9 Å². The molecule has 66 heavy (non-hydrogen) atoms. The van der Waals surface area contributed by atoms with Crippen molar-refractivity contribution in [1.82, 2.24) is 25.1 Å². The summed E-state index contributed by atoms with van der Waals surface area (Å²) in [6, 6.07) is 19.5. The van der Waals surface area contributed by atoms with E-state index in [2.05, 4.69) is 32.7 Å². The first-order valence-electron chi connectivity index (χ1n) is 23.6. The van der Waals surface area contributed by atoms with E-state index in [9.17, 15) is 34.2 Å². The van der Waals surface area contributed by atoms with Crippen LogP contribution in [0.3, 0.4) is 0 Å². The van der Waals surface area contributed by atoms with Gasteiger partial charge in [-0.25, -0.2) is 4.79 Å². The molecule has 1 saturated carbocycles. The summed E-state index contributed by atoms with van der Waals surface area (Å²) in [5, 5.41) is 28.0. The molecule has 7 rings (SSSR count). The molecule has 5 atom stereocenters. The molecule has 0 spiro atoms. The molecule has 3 aromatic carbocycles. The highest BCUT2D eigenvalue weighted by Crippen LogP contribution is 2.39. The van der Waals surface area contributed by atoms with E-state index in [1.165, 1.54) is 17.4 Å². The Hall–Kier alpha value is -5.24. The maximum Gasteiger partial charge on any atom is 0.328 e. The minimum Gasteiger partial charge on any atom is -0.508 e. The largest absolute Gasteiger partial charge is 0.508 e. The fourth-order valence-electron chi connectivity index (χ4n) is 9.76. The molecule has 1 aliphatic heterocycles. The monoisotopic (exact) mass is 919 g/mol. The van der Waals surface area contributed by atoms with Gasteiger partial charge in [0.2, 0.25) is 11.7 Å². The quantitative estimate of drug-likeness (QED) is 0.0484. The summed E-state index contributed by atoms with van der Waals surface area (Å²) < 4.78 is 1.47. The molecule has 1 saturated heterocycles. The molecule has 2 heterocycles. The maximum atomic E-state index is 13.5. The lowest BCUT2D eigenvalue weighted by molar-refractivity contribution is -0.132. The van der Waals surface area contributed by atoms with Gasteiger partial charge < -0.3 is 20.8 Å². The number of nitrogens with zero attached hydrogens (tertiary/aromatic N) is 2. The normalized spacial score (nSPS) is 19.5. The molecule has 13 heteroatoms. The van der Waals surface area contributed by atoms with Crippen molar-refractivity contribution in [2.24, 2.45) is 17.8 Å². The van der Waals surface area contributed by atoms with Crippen molar-refractivity contribution in [3.05, 3.63) is 139 Å². The van der Waals surface area contributed by atoms with Crippen LogP contribution in [0.25, 0.3) is 0 Å². The van der Waals surface area contributed by atoms with Gasteiger partial charge in [0, 0.05) is 58.1 Å². The number of likely N-dealkylation sites (tertiary alicyclic amines) is 1. The van der Waals surface area contributed by atoms with E-state index < -0.39 is 23.4 Å². The number of aromatic hydroxyl groups is 1. The Morgan fingerprint density at radius 2 is 1.58 bits per heavy atom. The van der Waals surface area contributed by atoms with Crippen LogP contribution < -0.4 is 21.9 Å². The number of rotatable bonds is 14. The number of carbonyl (C=O) groups excluding carboxylic acids is 3. The highest BCUT2D eigenvalue weighted by Gasteiger charge is 2.42. The molecule has 12 nitrogen and oxygen atoms in total. The molecule has 2 amide bonds. The van der Waals surface area contributed by atoms with Crippen LogP contribution >= 0.6 is 11.8 Å². The molecule has 5 N–H and O–H groups in total. The summed E-state index contributed by atoms with van der Waals surface area (Å²) in [7, 11) is 0. The number of benzene rings is 3. The van der Waals surface area contributed by atoms with E-state index >= 15 is 0 Å². The number of allylic oxidation sites excluding steroid dienone is 2. The van der Waals surface area contributed by atoms with Gasteiger partial charge in [-0.05, 0) is 128 Å². The van der Waals surface area contributed by atoms with Crippen LogP contribution in [0.2, 0.25) is 0 Å². The van der Waals surface area contributed by atoms with E-state index in [0.717, 1.165) is 54.7 Å². The zero-order valence-electron chi connectivity index (χ0n) is 39.7. The summed E-state index contributed by atoms with van der Waals surface area (Å²) in [5.41, 5.74) is 2.65. The molecule has 4 aromatic rings. The van der Waals surface area contributed by atoms with Gasteiger partial charge in [0.15, 0.2) is 0 Å². The van der Waals surface area contributed by atoms with Crippen molar-refractivity contribution in [3.8, 4) is 5.75 Å². The second-order valence-electron chi connectivity index (χ2n) is 19.5. The number of carbonyl (C=O) groups is 3. The topological polar surface area (TPSA) is 174 Å². The molecule has 2 fully saturated rings. The van der Waals surface area contributed by atoms with Crippen molar-refractivity contribution in [1.29, 1.82) is 0 Å². The van der Waals surface area contributed by atoms with Gasteiger partial charge >= 0.3 is 5.69 Å². The molecular formula is C53H69N5O7S. The van der Waals surface area contributed by atoms with E-state index in [1.807, 2.05) is 90.1 Å². The van der Waals surface area contributed by atoms with Crippen LogP contribution in [0.4, 0.5) is 0 Å². The SMILES string of the molecule is CCc1c(C(=O)c2cc(C)cc(C)c2)n(CC2CC=CC2)c(=O)[nH]c1=O.Cc1c(O)cccc1C(=O)N[C@@H](CSc1ccccc1)[C@H](O)CN1C[C@H]2CCCC[C@H]2C[C@H]1C(=O)NC(C)(C)C. The highest BCUT2D eigenvalue weighted by atomic mass is 32.2. The van der Waals surface area contributed by atoms with Gasteiger partial charge in [-0.15, -0.1) is 11.8 Å². The number of nitrogens with one attached hydrogen (secondary N) is 3. The van der Waals surface area contributed by atoms with Gasteiger partial charge in [0.1, 0.15) is 11.4 Å². The summed E-state index contributed by atoms with van der Waals surface area (Å²) in [6.45, 7) is 14.9. The molecule has 354 valence electrons. The number of aromatic nitrogens is 2. The third-order valence-electron chi connectivity index (χ3n) is 13.1. The minimum absolute atomic E-state index is 0.0124. The minimum atomic E-state index is -0.886. The first kappa shape index (κ1) is 50.2. The van der Waals surface area contributed by atoms with Gasteiger partial charge in [-0.2, -0.15) is 0 Å². The summed E-state index contributed by atoms with van der Waals surface area (Å²) in [6.07, 6.45) is 11.0. The van der Waals surface area contributed by atoms with Crippen LogP contribution in [0.1, 0.15) is 121 Å². The standard InChI is InChI=1S/C32H45N3O4S.C21H24N2O3/c1-21-25(15-10-16-28(21)36)30(38)33-26(20-40-24-13-6-5-7-14-24)29(37)19-35-18-23-12-9-8-11-22(23)17-27(35)31(39)34-32(2,3)4;1-4-17-18(19(24)16-10-13(2)9-14(3)11-16)23(21(26)22-20(17)25)12-15-7-5-6-8-15/h5-7,10,13-16,22-23,26-27,29,36-37H,8-9,11-12,17-20H2,1-4H3,(H,33,38)(H,34,39);5-6,9-11,15H,4,7-8,12H2,1-3H3,(H,22,25,26)/t22-,23+,26-,27-,29+;/m0./s1. The molecule has 0 bridgehead atoms. The van der Waals surface area contributed by atoms with Gasteiger partial charge in [0.05, 0.1) is 18.2 Å². The number of H-pyrrole nitrogens is 1. The zero-order valence-corrected chi connectivity index (χ0v) is 40.5. The van der Waals surface area contributed by atoms with Crippen molar-refractivity contribution in [2.45, 2.75) is 135 Å². The Kier molecular flexibility index (Phi) is 17.1. The lowest BCUT2D eigenvalue weighted by Crippen LogP contribution is -2.60. The van der Waals surface area contributed by atoms with Crippen LogP contribution in [-0.4, -0.2) is 84.8 Å². The zero-order chi connectivity index (χ0) is 47.7. The van der Waals surface area contributed by atoms with Crippen LogP contribution in [-0.2, 0) is 17.8 Å². The first-order chi connectivity index (χ1) is 31.4. The predicted molar refractivity (Wildman–Crippen MR) is 263 cm³/mol. The number of amides is 2. The Labute approximate surface area is 393 Å². The second-order valence-corrected chi connectivity index (χ2v) is 20.6. The summed E-state index contributed by atoms with van der Waals surface area (Å²) in [4.78, 5) is 70.5. The average Bonchev–Trinajstić information content (AvgIpc) is 3.79. The van der Waals surface area contributed by atoms with Crippen LogP contribution in [0.15, 0.2) is 93.4 Å². The summed E-state index contributed by atoms with van der Waals surface area (Å²) >= 11 is 1.57. The fraction of sp³-hybridized carbons (Fsp3) is 0.491. The van der Waals surface area contributed by atoms with Crippen molar-refractivity contribution >= 4 is 29.4 Å². The van der Waals surface area contributed by atoms with Crippen molar-refractivity contribution in [3.63, 3.8) is 0 Å². The Balaban J connectivity index is 0.000000239. The third kappa shape index (κ3) is 13.0. The van der Waals surface area contributed by atoms with Gasteiger partial charge in [-0.3, -0.25) is 33.6 Å². The summed E-state index contributed by atoms with van der Waals surface area (Å²) in [5.74, 6) is 1.28. The number of aryl methyl sites for hydroxylation is 2. The molecule has 3 aliphatic rings. The molecule has 1 aromatic heterocycles. The van der Waals surface area contributed by atoms with E-state index in [-0.39, 0.29) is 46.5 Å². The number of phenolic OH excluding ortho intramolecular Hbond substituents is 1. The number of hydrogen-bond acceptors (Lipinski definition) is 9. The molecule has 0 radical (unpaired) electrons. The number of fused-ring (bicyclic) bond motifs is 1. The Morgan fingerprint density at radius 1 is 0.909 bits per heavy atom. The smallest absolute Gasteiger partial charge is 0.328 e. The number of aliphatic hydroxyl groups is 1. The number of thioether (sulfide) groups is 1. The van der Waals surface area contributed by atoms with E-state index in [0.29, 0.717) is 59.4 Å². The number of aliphatic hydroxyl groups excluding tert-OH is 1. The lowest BCUT2D eigenvalue weighted by atomic mass is 9.72. The molecular weight excluding hydrogens is 851 g/mol. The number of piperidine rings is 1. The Bertz CT molecular complexity index is 2460. The predicted octanol–water partition coefficient (Wildman–Crippen LogP) is 7.66. The fourth-order valence-corrected chi connectivity index (χ4v) is 10.8. The van der Waals surface area contributed by atoms with Crippen molar-refractivity contribution < 1.29 is 24.6 Å². The molecule has 2 aliphatic carbocycles. The van der Waals surface area contributed by atoms with Crippen LogP contribution in [0.5, 0.6) is 5.75 Å². The van der Waals surface area contributed by atoms with Gasteiger partial charge in [0.25, 0.3) is 11.5 Å². The lowest BCUT2D eigenvalue weighted by Gasteiger charge is -2.47. The number of aromatic amines is 1. The Morgan fingerprint density at radius 3 is 2.23 bits per heavy atom. The highest BCUT2D eigenvalue weighted by molar-refractivity contribution is 7.99. The molecule has 0 unspecified atom stereocenters. The number of ketones is 1. The van der Waals surface area contributed by atoms with E-state index in [4.69, 9.17) is 0 Å². The number of β-amino-alcohol motifs (C(OH)–C–C–N with tert-alkyl or cyclic N) is 1.